The van der Waals surface area contributed by atoms with E-state index in [0.29, 0.717) is 12.1 Å². The average Bonchev–Trinajstić information content (AvgIpc) is 2.54. The van der Waals surface area contributed by atoms with Crippen LogP contribution in [0.4, 0.5) is 0 Å². The van der Waals surface area contributed by atoms with E-state index in [-0.39, 0.29) is 0 Å². The molecule has 112 valence electrons. The first-order valence-corrected chi connectivity index (χ1v) is 8.14. The van der Waals surface area contributed by atoms with Crippen LogP contribution in [0.15, 0.2) is 36.4 Å². The molecule has 0 bridgehead atoms. The number of benzene rings is 2. The SMILES string of the molecule is CCNC(c1c(C)ccc2ccccc12)C1CCCCO1. The van der Waals surface area contributed by atoms with Crippen molar-refractivity contribution >= 4 is 10.8 Å². The van der Waals surface area contributed by atoms with Crippen LogP contribution in [0.25, 0.3) is 10.8 Å². The maximum Gasteiger partial charge on any atom is 0.0770 e. The Hall–Kier alpha value is -1.38. The summed E-state index contributed by atoms with van der Waals surface area (Å²) in [6, 6.07) is 13.4. The summed E-state index contributed by atoms with van der Waals surface area (Å²) in [5.41, 5.74) is 2.77. The van der Waals surface area contributed by atoms with Gasteiger partial charge in [-0.3, -0.25) is 0 Å². The van der Waals surface area contributed by atoms with Crippen LogP contribution >= 0.6 is 0 Å². The van der Waals surface area contributed by atoms with E-state index in [2.05, 4.69) is 55.6 Å². The average molecular weight is 283 g/mol. The number of fused-ring (bicyclic) bond motifs is 1. The highest BCUT2D eigenvalue weighted by Crippen LogP contribution is 2.33. The van der Waals surface area contributed by atoms with E-state index in [4.69, 9.17) is 4.74 Å². The molecule has 0 amide bonds. The van der Waals surface area contributed by atoms with E-state index in [1.165, 1.54) is 34.7 Å². The summed E-state index contributed by atoms with van der Waals surface area (Å²) in [6.45, 7) is 6.26. The zero-order valence-corrected chi connectivity index (χ0v) is 13.1. The summed E-state index contributed by atoms with van der Waals surface area (Å²) in [6.07, 6.45) is 3.92. The van der Waals surface area contributed by atoms with Gasteiger partial charge in [-0.1, -0.05) is 43.3 Å². The predicted molar refractivity (Wildman–Crippen MR) is 88.7 cm³/mol. The van der Waals surface area contributed by atoms with Crippen molar-refractivity contribution in [1.29, 1.82) is 0 Å². The molecule has 1 aliphatic heterocycles. The number of ether oxygens (including phenoxy) is 1. The molecule has 2 heteroatoms. The molecule has 2 aromatic carbocycles. The van der Waals surface area contributed by atoms with Crippen LogP contribution < -0.4 is 5.32 Å². The van der Waals surface area contributed by atoms with Crippen molar-refractivity contribution in [3.05, 3.63) is 47.5 Å². The van der Waals surface area contributed by atoms with Crippen LogP contribution in [0.2, 0.25) is 0 Å². The fourth-order valence-electron chi connectivity index (χ4n) is 3.49. The Labute approximate surface area is 127 Å². The van der Waals surface area contributed by atoms with E-state index in [1.54, 1.807) is 0 Å². The molecule has 2 nitrogen and oxygen atoms in total. The lowest BCUT2D eigenvalue weighted by Gasteiger charge is -2.33. The summed E-state index contributed by atoms with van der Waals surface area (Å²) in [4.78, 5) is 0. The van der Waals surface area contributed by atoms with Crippen LogP contribution in [-0.4, -0.2) is 19.3 Å². The maximum atomic E-state index is 6.09. The molecule has 1 aliphatic rings. The number of aryl methyl sites for hydroxylation is 1. The minimum atomic E-state index is 0.293. The summed E-state index contributed by atoms with van der Waals surface area (Å²) in [5, 5.41) is 6.35. The highest BCUT2D eigenvalue weighted by atomic mass is 16.5. The molecule has 0 aromatic heterocycles. The molecule has 0 radical (unpaired) electrons. The zero-order chi connectivity index (χ0) is 14.7. The van der Waals surface area contributed by atoms with Crippen molar-refractivity contribution in [2.45, 2.75) is 45.3 Å². The lowest BCUT2D eigenvalue weighted by molar-refractivity contribution is -0.00769. The standard InChI is InChI=1S/C19H25NO/c1-3-20-19(17-10-6-7-13-21-17)18-14(2)11-12-15-8-4-5-9-16(15)18/h4-5,8-9,11-12,17,19-20H,3,6-7,10,13H2,1-2H3. The summed E-state index contributed by atoms with van der Waals surface area (Å²) < 4.78 is 6.09. The predicted octanol–water partition coefficient (Wildman–Crippen LogP) is 4.37. The van der Waals surface area contributed by atoms with Crippen LogP contribution in [0.5, 0.6) is 0 Å². The molecule has 0 saturated carbocycles. The van der Waals surface area contributed by atoms with Gasteiger partial charge in [0.2, 0.25) is 0 Å². The van der Waals surface area contributed by atoms with Crippen LogP contribution in [0, 0.1) is 6.92 Å². The van der Waals surface area contributed by atoms with Crippen molar-refractivity contribution in [3.8, 4) is 0 Å². The third kappa shape index (κ3) is 2.97. The summed E-state index contributed by atoms with van der Waals surface area (Å²) >= 11 is 0. The van der Waals surface area contributed by atoms with Gasteiger partial charge in [0.15, 0.2) is 0 Å². The van der Waals surface area contributed by atoms with Gasteiger partial charge in [0.05, 0.1) is 12.1 Å². The van der Waals surface area contributed by atoms with E-state index in [9.17, 15) is 0 Å². The van der Waals surface area contributed by atoms with E-state index < -0.39 is 0 Å². The second kappa shape index (κ2) is 6.59. The molecule has 1 N–H and O–H groups in total. The van der Waals surface area contributed by atoms with Crippen molar-refractivity contribution in [1.82, 2.24) is 5.32 Å². The number of likely N-dealkylation sites (N-methyl/N-ethyl adjacent to an activating group) is 1. The van der Waals surface area contributed by atoms with Gasteiger partial charge >= 0.3 is 0 Å². The van der Waals surface area contributed by atoms with Crippen LogP contribution in [0.1, 0.15) is 43.4 Å². The zero-order valence-electron chi connectivity index (χ0n) is 13.1. The number of rotatable bonds is 4. The van der Waals surface area contributed by atoms with Gasteiger partial charge < -0.3 is 10.1 Å². The Morgan fingerprint density at radius 3 is 2.81 bits per heavy atom. The van der Waals surface area contributed by atoms with Gasteiger partial charge in [-0.2, -0.15) is 0 Å². The van der Waals surface area contributed by atoms with Crippen molar-refractivity contribution in [2.24, 2.45) is 0 Å². The van der Waals surface area contributed by atoms with E-state index in [1.807, 2.05) is 0 Å². The van der Waals surface area contributed by atoms with Gasteiger partial charge in [-0.25, -0.2) is 0 Å². The summed E-state index contributed by atoms with van der Waals surface area (Å²) in [5.74, 6) is 0. The topological polar surface area (TPSA) is 21.3 Å². The third-order valence-electron chi connectivity index (χ3n) is 4.51. The Bertz CT molecular complexity index is 602. The van der Waals surface area contributed by atoms with Gasteiger partial charge in [0, 0.05) is 6.61 Å². The van der Waals surface area contributed by atoms with E-state index >= 15 is 0 Å². The molecule has 2 atom stereocenters. The second-order valence-electron chi connectivity index (χ2n) is 5.96. The molecule has 21 heavy (non-hydrogen) atoms. The molecular weight excluding hydrogens is 258 g/mol. The molecule has 1 fully saturated rings. The Balaban J connectivity index is 2.07. The van der Waals surface area contributed by atoms with E-state index in [0.717, 1.165) is 19.6 Å². The minimum Gasteiger partial charge on any atom is -0.376 e. The normalized spacial score (nSPS) is 20.6. The van der Waals surface area contributed by atoms with Gasteiger partial charge in [-0.15, -0.1) is 0 Å². The molecular formula is C19H25NO. The molecule has 1 saturated heterocycles. The fourth-order valence-corrected chi connectivity index (χ4v) is 3.49. The molecule has 3 rings (SSSR count). The maximum absolute atomic E-state index is 6.09. The lowest BCUT2D eigenvalue weighted by atomic mass is 9.89. The van der Waals surface area contributed by atoms with Crippen molar-refractivity contribution < 1.29 is 4.74 Å². The molecule has 2 aromatic rings. The van der Waals surface area contributed by atoms with Gasteiger partial charge in [0.25, 0.3) is 0 Å². The first-order valence-electron chi connectivity index (χ1n) is 8.14. The Morgan fingerprint density at radius 2 is 2.05 bits per heavy atom. The van der Waals surface area contributed by atoms with Gasteiger partial charge in [-0.05, 0) is 54.6 Å². The lowest BCUT2D eigenvalue weighted by Crippen LogP contribution is -2.36. The first kappa shape index (κ1) is 14.6. The Morgan fingerprint density at radius 1 is 1.19 bits per heavy atom. The van der Waals surface area contributed by atoms with Crippen LogP contribution in [0.3, 0.4) is 0 Å². The number of nitrogens with one attached hydrogen (secondary N) is 1. The number of hydrogen-bond donors (Lipinski definition) is 1. The highest BCUT2D eigenvalue weighted by Gasteiger charge is 2.27. The third-order valence-corrected chi connectivity index (χ3v) is 4.51. The van der Waals surface area contributed by atoms with Crippen molar-refractivity contribution in [2.75, 3.05) is 13.2 Å². The Kier molecular flexibility index (Phi) is 4.57. The molecule has 2 unspecified atom stereocenters. The monoisotopic (exact) mass is 283 g/mol. The van der Waals surface area contributed by atoms with Crippen LogP contribution in [-0.2, 0) is 4.74 Å². The second-order valence-corrected chi connectivity index (χ2v) is 5.96. The molecule has 0 aliphatic carbocycles. The highest BCUT2D eigenvalue weighted by molar-refractivity contribution is 5.87. The largest absolute Gasteiger partial charge is 0.376 e. The fraction of sp³-hybridized carbons (Fsp3) is 0.474. The smallest absolute Gasteiger partial charge is 0.0770 e. The minimum absolute atomic E-state index is 0.293. The quantitative estimate of drug-likeness (QED) is 0.899. The summed E-state index contributed by atoms with van der Waals surface area (Å²) in [7, 11) is 0. The first-order chi connectivity index (χ1) is 10.3. The van der Waals surface area contributed by atoms with Gasteiger partial charge in [0.1, 0.15) is 0 Å². The number of hydrogen-bond acceptors (Lipinski definition) is 2. The van der Waals surface area contributed by atoms with Crippen molar-refractivity contribution in [3.63, 3.8) is 0 Å². The molecule has 0 spiro atoms. The molecule has 1 heterocycles.